The van der Waals surface area contributed by atoms with Crippen molar-refractivity contribution >= 4 is 11.6 Å². The van der Waals surface area contributed by atoms with Gasteiger partial charge in [0.25, 0.3) is 0 Å². The second-order valence-corrected chi connectivity index (χ2v) is 3.83. The van der Waals surface area contributed by atoms with E-state index < -0.39 is 5.82 Å². The van der Waals surface area contributed by atoms with Crippen LogP contribution in [0.5, 0.6) is 11.5 Å². The summed E-state index contributed by atoms with van der Waals surface area (Å²) in [6, 6.07) is 11.2. The molecule has 2 nitrogen and oxygen atoms in total. The molecule has 0 unspecified atom stereocenters. The van der Waals surface area contributed by atoms with Crippen molar-refractivity contribution in [1.29, 1.82) is 0 Å². The lowest BCUT2D eigenvalue weighted by Gasteiger charge is -2.11. The van der Waals surface area contributed by atoms with Gasteiger partial charge in [0.2, 0.25) is 0 Å². The fraction of sp³-hybridized carbons (Fsp3) is 0.0769. The third-order valence-corrected chi connectivity index (χ3v) is 2.58. The SMILES string of the molecule is OCc1cccc(F)c1Oc1ccccc1Cl. The maximum Gasteiger partial charge on any atom is 0.168 e. The van der Waals surface area contributed by atoms with Crippen LogP contribution in [0.25, 0.3) is 0 Å². The molecule has 0 radical (unpaired) electrons. The van der Waals surface area contributed by atoms with Crippen LogP contribution < -0.4 is 4.74 Å². The van der Waals surface area contributed by atoms with Crippen LogP contribution in [0, 0.1) is 5.82 Å². The molecule has 2 aromatic carbocycles. The van der Waals surface area contributed by atoms with Gasteiger partial charge in [-0.2, -0.15) is 0 Å². The number of para-hydroxylation sites is 2. The Balaban J connectivity index is 2.39. The van der Waals surface area contributed by atoms with Crippen molar-refractivity contribution in [3.63, 3.8) is 0 Å². The van der Waals surface area contributed by atoms with Crippen LogP contribution in [-0.4, -0.2) is 5.11 Å². The summed E-state index contributed by atoms with van der Waals surface area (Å²) in [5, 5.41) is 9.50. The fourth-order valence-corrected chi connectivity index (χ4v) is 1.60. The molecule has 0 heterocycles. The molecule has 4 heteroatoms. The second-order valence-electron chi connectivity index (χ2n) is 3.42. The Morgan fingerprint density at radius 2 is 1.88 bits per heavy atom. The summed E-state index contributed by atoms with van der Waals surface area (Å²) >= 11 is 5.91. The number of rotatable bonds is 3. The zero-order valence-corrected chi connectivity index (χ0v) is 9.62. The van der Waals surface area contributed by atoms with E-state index in [4.69, 9.17) is 21.4 Å². The molecule has 88 valence electrons. The summed E-state index contributed by atoms with van der Waals surface area (Å²) in [4.78, 5) is 0. The molecule has 2 aromatic rings. The molecule has 0 fully saturated rings. The van der Waals surface area contributed by atoms with Crippen molar-refractivity contribution < 1.29 is 14.2 Å². The Kier molecular flexibility index (Phi) is 3.61. The van der Waals surface area contributed by atoms with Crippen LogP contribution in [-0.2, 0) is 6.61 Å². The van der Waals surface area contributed by atoms with Gasteiger partial charge < -0.3 is 9.84 Å². The van der Waals surface area contributed by atoms with Gasteiger partial charge in [-0.15, -0.1) is 0 Å². The maximum absolute atomic E-state index is 13.6. The van der Waals surface area contributed by atoms with E-state index in [0.717, 1.165) is 0 Å². The maximum atomic E-state index is 13.6. The molecule has 0 bridgehead atoms. The Hall–Kier alpha value is -1.58. The molecule has 0 saturated heterocycles. The first-order valence-corrected chi connectivity index (χ1v) is 5.41. The zero-order valence-electron chi connectivity index (χ0n) is 8.86. The van der Waals surface area contributed by atoms with Gasteiger partial charge in [-0.3, -0.25) is 0 Å². The van der Waals surface area contributed by atoms with E-state index in [0.29, 0.717) is 16.3 Å². The highest BCUT2D eigenvalue weighted by atomic mass is 35.5. The lowest BCUT2D eigenvalue weighted by molar-refractivity contribution is 0.274. The van der Waals surface area contributed by atoms with E-state index in [1.807, 2.05) is 0 Å². The molecule has 0 aliphatic rings. The average molecular weight is 253 g/mol. The van der Waals surface area contributed by atoms with Crippen molar-refractivity contribution in [2.45, 2.75) is 6.61 Å². The number of halogens is 2. The molecule has 0 aliphatic heterocycles. The number of aliphatic hydroxyl groups excluding tert-OH is 1. The lowest BCUT2D eigenvalue weighted by atomic mass is 10.2. The van der Waals surface area contributed by atoms with Crippen molar-refractivity contribution in [3.8, 4) is 11.5 Å². The molecule has 17 heavy (non-hydrogen) atoms. The molecule has 0 aliphatic carbocycles. The minimum Gasteiger partial charge on any atom is -0.452 e. The highest BCUT2D eigenvalue weighted by molar-refractivity contribution is 6.32. The van der Waals surface area contributed by atoms with Crippen LogP contribution in [0.4, 0.5) is 4.39 Å². The third kappa shape index (κ3) is 2.57. The molecular formula is C13H10ClFO2. The largest absolute Gasteiger partial charge is 0.452 e. The highest BCUT2D eigenvalue weighted by Crippen LogP contribution is 2.32. The number of ether oxygens (including phenoxy) is 1. The van der Waals surface area contributed by atoms with Crippen molar-refractivity contribution in [2.75, 3.05) is 0 Å². The number of hydrogen-bond donors (Lipinski definition) is 1. The molecule has 0 aromatic heterocycles. The first kappa shape index (κ1) is 11.9. The van der Waals surface area contributed by atoms with Crippen LogP contribution in [0.2, 0.25) is 5.02 Å². The van der Waals surface area contributed by atoms with E-state index in [2.05, 4.69) is 0 Å². The van der Waals surface area contributed by atoms with E-state index in [1.54, 1.807) is 30.3 Å². The minimum absolute atomic E-state index is 0.00287. The van der Waals surface area contributed by atoms with E-state index >= 15 is 0 Å². The van der Waals surface area contributed by atoms with Crippen LogP contribution in [0.1, 0.15) is 5.56 Å². The Labute approximate surface area is 103 Å². The molecule has 0 amide bonds. The highest BCUT2D eigenvalue weighted by Gasteiger charge is 2.11. The van der Waals surface area contributed by atoms with Gasteiger partial charge in [0, 0.05) is 5.56 Å². The molecule has 2 rings (SSSR count). The summed E-state index contributed by atoms with van der Waals surface area (Å²) < 4.78 is 19.0. The number of hydrogen-bond acceptors (Lipinski definition) is 2. The van der Waals surface area contributed by atoms with Gasteiger partial charge in [0.05, 0.1) is 11.6 Å². The topological polar surface area (TPSA) is 29.5 Å². The summed E-state index contributed by atoms with van der Waals surface area (Å²) in [5.74, 6) is -0.173. The summed E-state index contributed by atoms with van der Waals surface area (Å²) in [5.41, 5.74) is 0.380. The van der Waals surface area contributed by atoms with Gasteiger partial charge >= 0.3 is 0 Å². The van der Waals surface area contributed by atoms with Crippen LogP contribution in [0.15, 0.2) is 42.5 Å². The standard InChI is InChI=1S/C13H10ClFO2/c14-10-5-1-2-7-12(10)17-13-9(8-16)4-3-6-11(13)15/h1-7,16H,8H2. The smallest absolute Gasteiger partial charge is 0.168 e. The third-order valence-electron chi connectivity index (χ3n) is 2.27. The van der Waals surface area contributed by atoms with Crippen molar-refractivity contribution in [2.24, 2.45) is 0 Å². The van der Waals surface area contributed by atoms with Gasteiger partial charge in [0.1, 0.15) is 5.75 Å². The average Bonchev–Trinajstić information content (AvgIpc) is 2.34. The Bertz CT molecular complexity index is 529. The van der Waals surface area contributed by atoms with E-state index in [9.17, 15) is 4.39 Å². The van der Waals surface area contributed by atoms with E-state index in [-0.39, 0.29) is 12.4 Å². The van der Waals surface area contributed by atoms with Crippen LogP contribution >= 0.6 is 11.6 Å². The predicted octanol–water partition coefficient (Wildman–Crippen LogP) is 3.76. The molecular weight excluding hydrogens is 243 g/mol. The second kappa shape index (κ2) is 5.17. The summed E-state index contributed by atoms with van der Waals surface area (Å²) in [7, 11) is 0. The summed E-state index contributed by atoms with van der Waals surface area (Å²) in [6.07, 6.45) is 0. The zero-order chi connectivity index (χ0) is 12.3. The molecule has 1 N–H and O–H groups in total. The first-order chi connectivity index (χ1) is 8.22. The van der Waals surface area contributed by atoms with E-state index in [1.165, 1.54) is 12.1 Å². The normalized spacial score (nSPS) is 10.3. The Morgan fingerprint density at radius 1 is 1.12 bits per heavy atom. The van der Waals surface area contributed by atoms with Gasteiger partial charge in [-0.1, -0.05) is 35.9 Å². The first-order valence-electron chi connectivity index (χ1n) is 5.03. The quantitative estimate of drug-likeness (QED) is 0.901. The van der Waals surface area contributed by atoms with Gasteiger partial charge in [0.15, 0.2) is 11.6 Å². The summed E-state index contributed by atoms with van der Waals surface area (Å²) in [6.45, 7) is -0.294. The molecule has 0 atom stereocenters. The minimum atomic E-state index is -0.531. The monoisotopic (exact) mass is 252 g/mol. The van der Waals surface area contributed by atoms with Crippen molar-refractivity contribution in [1.82, 2.24) is 0 Å². The molecule has 0 spiro atoms. The Morgan fingerprint density at radius 3 is 2.59 bits per heavy atom. The number of benzene rings is 2. The number of aliphatic hydroxyl groups is 1. The molecule has 0 saturated carbocycles. The van der Waals surface area contributed by atoms with Gasteiger partial charge in [-0.05, 0) is 18.2 Å². The fourth-order valence-electron chi connectivity index (χ4n) is 1.43. The van der Waals surface area contributed by atoms with Crippen molar-refractivity contribution in [3.05, 3.63) is 58.9 Å². The predicted molar refractivity (Wildman–Crippen MR) is 63.8 cm³/mol. The lowest BCUT2D eigenvalue weighted by Crippen LogP contribution is -1.95. The van der Waals surface area contributed by atoms with Gasteiger partial charge in [-0.25, -0.2) is 4.39 Å². The van der Waals surface area contributed by atoms with Crippen LogP contribution in [0.3, 0.4) is 0 Å².